The number of aliphatic hydroxyl groups is 3. The molecular weight excluding hydrogens is 398 g/mol. The first kappa shape index (κ1) is 26.2. The lowest BCUT2D eigenvalue weighted by atomic mass is 10.0. The third-order valence-corrected chi connectivity index (χ3v) is 4.83. The van der Waals surface area contributed by atoms with Crippen LogP contribution >= 0.6 is 0 Å². The summed E-state index contributed by atoms with van der Waals surface area (Å²) in [6, 6.07) is -0.790. The van der Waals surface area contributed by atoms with Crippen molar-refractivity contribution in [3.8, 4) is 0 Å². The van der Waals surface area contributed by atoms with Crippen molar-refractivity contribution < 1.29 is 39.2 Å². The fraction of sp³-hybridized carbons (Fsp3) is 0.842. The van der Waals surface area contributed by atoms with Crippen LogP contribution in [0.5, 0.6) is 0 Å². The van der Waals surface area contributed by atoms with Crippen molar-refractivity contribution in [2.75, 3.05) is 13.2 Å². The molecule has 0 radical (unpaired) electrons. The quantitative estimate of drug-likeness (QED) is 0.185. The number of unbranched alkanes of at least 4 members (excludes halogenated alkanes) is 3. The van der Waals surface area contributed by atoms with Gasteiger partial charge in [-0.2, -0.15) is 0 Å². The minimum atomic E-state index is -1.31. The molecule has 1 saturated heterocycles. The van der Waals surface area contributed by atoms with Crippen LogP contribution in [0.4, 0.5) is 0 Å². The van der Waals surface area contributed by atoms with Crippen molar-refractivity contribution in [1.82, 2.24) is 10.6 Å². The van der Waals surface area contributed by atoms with Gasteiger partial charge in [0.05, 0.1) is 6.10 Å². The van der Waals surface area contributed by atoms with Crippen LogP contribution in [0.25, 0.3) is 0 Å². The third-order valence-electron chi connectivity index (χ3n) is 4.83. The molecule has 7 N–H and O–H groups in total. The fourth-order valence-corrected chi connectivity index (χ4v) is 3.07. The summed E-state index contributed by atoms with van der Waals surface area (Å²) >= 11 is 0. The predicted molar refractivity (Wildman–Crippen MR) is 106 cm³/mol. The Bertz CT molecular complexity index is 562. The molecule has 0 saturated carbocycles. The summed E-state index contributed by atoms with van der Waals surface area (Å²) in [5.74, 6) is -1.25. The summed E-state index contributed by atoms with van der Waals surface area (Å²) in [5.41, 5.74) is 5.09. The zero-order valence-corrected chi connectivity index (χ0v) is 17.6. The molecule has 174 valence electrons. The molecule has 0 aliphatic carbocycles. The second kappa shape index (κ2) is 13.5. The second-order valence-electron chi connectivity index (χ2n) is 7.52. The summed E-state index contributed by atoms with van der Waals surface area (Å²) in [4.78, 5) is 34.2. The number of nitrogens with two attached hydrogens (primary N) is 1. The van der Waals surface area contributed by atoms with Gasteiger partial charge in [-0.15, -0.1) is 0 Å². The lowest BCUT2D eigenvalue weighted by Gasteiger charge is -2.38. The molecule has 0 aromatic carbocycles. The highest BCUT2D eigenvalue weighted by Gasteiger charge is 2.42. The molecule has 0 aromatic rings. The van der Waals surface area contributed by atoms with Crippen molar-refractivity contribution in [2.24, 2.45) is 5.73 Å². The van der Waals surface area contributed by atoms with Crippen LogP contribution < -0.4 is 16.4 Å². The second-order valence-corrected chi connectivity index (χ2v) is 7.52. The van der Waals surface area contributed by atoms with Crippen LogP contribution in [0, 0.1) is 0 Å². The molecule has 0 spiro atoms. The molecule has 30 heavy (non-hydrogen) atoms. The van der Waals surface area contributed by atoms with E-state index in [2.05, 4.69) is 10.6 Å². The summed E-state index contributed by atoms with van der Waals surface area (Å²) in [5, 5.41) is 34.5. The average molecular weight is 434 g/mol. The molecular formula is C19H35N3O8. The molecule has 0 bridgehead atoms. The minimum Gasteiger partial charge on any atom is -0.388 e. The minimum absolute atomic E-state index is 0.00649. The third kappa shape index (κ3) is 9.35. The maximum atomic E-state index is 12.1. The van der Waals surface area contributed by atoms with E-state index in [-0.39, 0.29) is 24.7 Å². The average Bonchev–Trinajstić information content (AvgIpc) is 2.68. The van der Waals surface area contributed by atoms with Gasteiger partial charge in [0.25, 0.3) is 0 Å². The number of ether oxygens (including phenoxy) is 2. The topological polar surface area (TPSA) is 180 Å². The molecule has 3 amide bonds. The van der Waals surface area contributed by atoms with Gasteiger partial charge >= 0.3 is 0 Å². The maximum Gasteiger partial charge on any atom is 0.242 e. The van der Waals surface area contributed by atoms with E-state index in [1.165, 1.54) is 6.92 Å². The first-order valence-electron chi connectivity index (χ1n) is 10.3. The van der Waals surface area contributed by atoms with Gasteiger partial charge in [-0.3, -0.25) is 14.4 Å². The number of hydrogen-bond donors (Lipinski definition) is 6. The summed E-state index contributed by atoms with van der Waals surface area (Å²) in [6.45, 7) is 3.64. The predicted octanol–water partition coefficient (Wildman–Crippen LogP) is -1.72. The Morgan fingerprint density at radius 1 is 1.07 bits per heavy atom. The van der Waals surface area contributed by atoms with Crippen molar-refractivity contribution in [1.29, 1.82) is 0 Å². The van der Waals surface area contributed by atoms with Crippen LogP contribution in [0.2, 0.25) is 0 Å². The van der Waals surface area contributed by atoms with Gasteiger partial charge in [0.15, 0.2) is 6.29 Å². The van der Waals surface area contributed by atoms with E-state index in [9.17, 15) is 29.7 Å². The van der Waals surface area contributed by atoms with Gasteiger partial charge in [-0.1, -0.05) is 12.8 Å². The van der Waals surface area contributed by atoms with E-state index < -0.39 is 42.7 Å². The van der Waals surface area contributed by atoms with Crippen molar-refractivity contribution in [2.45, 2.75) is 89.1 Å². The summed E-state index contributed by atoms with van der Waals surface area (Å²) in [6.07, 6.45) is -2.19. The van der Waals surface area contributed by atoms with Gasteiger partial charge in [-0.25, -0.2) is 0 Å². The molecule has 1 aliphatic heterocycles. The smallest absolute Gasteiger partial charge is 0.242 e. The van der Waals surface area contributed by atoms with E-state index in [0.29, 0.717) is 19.6 Å². The number of amides is 3. The van der Waals surface area contributed by atoms with Gasteiger partial charge in [0.2, 0.25) is 17.7 Å². The fourth-order valence-electron chi connectivity index (χ4n) is 3.07. The van der Waals surface area contributed by atoms with Crippen molar-refractivity contribution >= 4 is 17.7 Å². The molecule has 5 unspecified atom stereocenters. The van der Waals surface area contributed by atoms with Crippen LogP contribution in [-0.4, -0.2) is 82.9 Å². The zero-order valence-electron chi connectivity index (χ0n) is 17.6. The highest BCUT2D eigenvalue weighted by atomic mass is 16.7. The van der Waals surface area contributed by atoms with E-state index in [1.54, 1.807) is 6.92 Å². The molecule has 6 atom stereocenters. The lowest BCUT2D eigenvalue weighted by Crippen LogP contribution is -2.57. The summed E-state index contributed by atoms with van der Waals surface area (Å²) in [7, 11) is 0. The number of nitrogens with one attached hydrogen (secondary N) is 2. The molecule has 1 rings (SSSR count). The molecule has 1 heterocycles. The van der Waals surface area contributed by atoms with E-state index in [0.717, 1.165) is 19.3 Å². The lowest BCUT2D eigenvalue weighted by molar-refractivity contribution is -0.293. The van der Waals surface area contributed by atoms with Gasteiger partial charge in [0, 0.05) is 26.5 Å². The Labute approximate surface area is 176 Å². The van der Waals surface area contributed by atoms with Crippen LogP contribution in [0.15, 0.2) is 0 Å². The van der Waals surface area contributed by atoms with E-state index in [1.807, 2.05) is 0 Å². The molecule has 11 heteroatoms. The normalized spacial score (nSPS) is 27.3. The molecule has 11 nitrogen and oxygen atoms in total. The maximum absolute atomic E-state index is 12.1. The number of carbonyl (C=O) groups excluding carboxylic acids is 3. The number of hydrogen-bond acceptors (Lipinski definition) is 8. The molecule has 0 aromatic heterocycles. The zero-order chi connectivity index (χ0) is 22.7. The standard InChI is InChI=1S/C19H35N3O8/c1-11-15(25)16(26)17(27)19(30-11)29-10-6-4-3-5-9-21-18(28)13(22-12(2)23)7-8-14(20)24/h11,13,15-17,19,25-27H,3-10H2,1-2H3,(H2,20,24)(H,21,28)(H,22,23)/t11?,13-,15?,16?,17?,19?/m0/s1. The van der Waals surface area contributed by atoms with Crippen LogP contribution in [-0.2, 0) is 23.9 Å². The monoisotopic (exact) mass is 433 g/mol. The highest BCUT2D eigenvalue weighted by molar-refractivity contribution is 5.87. The Kier molecular flexibility index (Phi) is 11.8. The Balaban J connectivity index is 2.16. The number of rotatable bonds is 13. The van der Waals surface area contributed by atoms with Crippen LogP contribution in [0.3, 0.4) is 0 Å². The van der Waals surface area contributed by atoms with Gasteiger partial charge < -0.3 is 41.2 Å². The Hall–Kier alpha value is -1.79. The van der Waals surface area contributed by atoms with Crippen molar-refractivity contribution in [3.05, 3.63) is 0 Å². The Morgan fingerprint density at radius 3 is 2.37 bits per heavy atom. The summed E-state index contributed by atoms with van der Waals surface area (Å²) < 4.78 is 10.8. The SMILES string of the molecule is CC(=O)N[C@@H](CCC(N)=O)C(=O)NCCCCCCOC1OC(C)C(O)C(O)C1O. The van der Waals surface area contributed by atoms with Gasteiger partial charge in [-0.05, 0) is 26.2 Å². The number of primary amides is 1. The molecule has 1 fully saturated rings. The van der Waals surface area contributed by atoms with Gasteiger partial charge in [0.1, 0.15) is 24.4 Å². The number of carbonyl (C=O) groups is 3. The number of aliphatic hydroxyl groups excluding tert-OH is 3. The Morgan fingerprint density at radius 2 is 1.73 bits per heavy atom. The highest BCUT2D eigenvalue weighted by Crippen LogP contribution is 2.21. The first-order chi connectivity index (χ1) is 14.1. The van der Waals surface area contributed by atoms with E-state index in [4.69, 9.17) is 15.2 Å². The first-order valence-corrected chi connectivity index (χ1v) is 10.3. The van der Waals surface area contributed by atoms with E-state index >= 15 is 0 Å². The van der Waals surface area contributed by atoms with Crippen molar-refractivity contribution in [3.63, 3.8) is 0 Å². The van der Waals surface area contributed by atoms with Crippen LogP contribution in [0.1, 0.15) is 52.4 Å². The largest absolute Gasteiger partial charge is 0.388 e. The molecule has 1 aliphatic rings.